The third-order valence-corrected chi connectivity index (χ3v) is 15.6. The van der Waals surface area contributed by atoms with E-state index in [4.69, 9.17) is 9.73 Å². The van der Waals surface area contributed by atoms with Crippen LogP contribution in [-0.2, 0) is 29.2 Å². The Morgan fingerprint density at radius 3 is 1.96 bits per heavy atom. The fraction of sp³-hybridized carbons (Fsp3) is 0.425. The first-order valence-corrected chi connectivity index (χ1v) is 21.6. The molecule has 0 unspecified atom stereocenters. The number of nitrogens with one attached hydrogen (secondary N) is 1. The molecule has 1 aliphatic heterocycles. The largest absolute Gasteiger partial charge is 0.494 e. The number of methoxy groups -OCH3 is 1. The van der Waals surface area contributed by atoms with Crippen LogP contribution in [0.5, 0.6) is 5.88 Å². The van der Waals surface area contributed by atoms with Crippen LogP contribution in [-0.4, -0.2) is 124 Å². The van der Waals surface area contributed by atoms with E-state index in [1.165, 1.54) is 34.8 Å². The Kier molecular flexibility index (Phi) is 15.8. The van der Waals surface area contributed by atoms with Gasteiger partial charge in [-0.3, -0.25) is 9.69 Å². The number of hydrogen-bond acceptors (Lipinski definition) is 11. The van der Waals surface area contributed by atoms with Crippen molar-refractivity contribution in [3.8, 4) is 5.88 Å². The minimum Gasteiger partial charge on any atom is -0.494 e. The molecule has 0 saturated carbocycles. The van der Waals surface area contributed by atoms with Gasteiger partial charge in [0.05, 0.1) is 36.2 Å². The molecule has 4 aromatic rings. The van der Waals surface area contributed by atoms with Gasteiger partial charge in [0, 0.05) is 66.9 Å². The third kappa shape index (κ3) is 10.6. The zero-order valence-electron chi connectivity index (χ0n) is 33.3. The summed E-state index contributed by atoms with van der Waals surface area (Å²) in [4.78, 5) is 39.0. The summed E-state index contributed by atoms with van der Waals surface area (Å²) in [5.74, 6) is -0.772. The number of piperazine rings is 1. The second-order valence-electron chi connectivity index (χ2n) is 13.2. The van der Waals surface area contributed by atoms with Gasteiger partial charge in [0.15, 0.2) is 29.6 Å². The minimum absolute atomic E-state index is 0.0424. The normalized spacial score (nSPS) is 14.3. The Labute approximate surface area is 325 Å². The molecule has 3 aromatic carbocycles. The summed E-state index contributed by atoms with van der Waals surface area (Å²) in [6, 6.07) is 22.2. The van der Waals surface area contributed by atoms with Crippen molar-refractivity contribution in [1.29, 1.82) is 0 Å². The molecule has 1 fully saturated rings. The van der Waals surface area contributed by atoms with E-state index in [2.05, 4.69) is 21.8 Å². The molecule has 5 rings (SSSR count). The fourth-order valence-electron chi connectivity index (χ4n) is 5.74. The van der Waals surface area contributed by atoms with E-state index < -0.39 is 29.7 Å². The summed E-state index contributed by atoms with van der Waals surface area (Å²) in [5.41, 5.74) is 4.34. The number of aromatic nitrogens is 1. The van der Waals surface area contributed by atoms with Gasteiger partial charge in [-0.05, 0) is 57.3 Å². The predicted octanol–water partition coefficient (Wildman–Crippen LogP) is 5.66. The molecule has 1 aromatic heterocycles. The van der Waals surface area contributed by atoms with Crippen LogP contribution in [0.4, 0.5) is 11.4 Å². The highest BCUT2D eigenvalue weighted by Crippen LogP contribution is 2.33. The highest BCUT2D eigenvalue weighted by Gasteiger charge is 2.44. The number of aromatic amines is 1. The number of hydrogen-bond donors (Lipinski definition) is 2. The van der Waals surface area contributed by atoms with E-state index in [1.54, 1.807) is 30.1 Å². The summed E-state index contributed by atoms with van der Waals surface area (Å²) in [6.45, 7) is 13.5. The number of amides is 1. The van der Waals surface area contributed by atoms with E-state index in [-0.39, 0.29) is 23.3 Å². The average molecular weight is 798 g/mol. The van der Waals surface area contributed by atoms with Gasteiger partial charge in [0.2, 0.25) is 5.91 Å². The van der Waals surface area contributed by atoms with Crippen molar-refractivity contribution >= 4 is 59.5 Å². The van der Waals surface area contributed by atoms with Crippen molar-refractivity contribution in [2.24, 2.45) is 4.99 Å². The van der Waals surface area contributed by atoms with Gasteiger partial charge in [-0.2, -0.15) is 0 Å². The van der Waals surface area contributed by atoms with Gasteiger partial charge in [-0.25, -0.2) is 26.6 Å². The molecule has 0 aliphatic carbocycles. The van der Waals surface area contributed by atoms with Gasteiger partial charge >= 0.3 is 5.97 Å². The number of aromatic hydroxyl groups is 1. The molecule has 2 N–H and O–H groups in total. The highest BCUT2D eigenvalue weighted by atomic mass is 32.3. The first-order chi connectivity index (χ1) is 26.0. The second-order valence-corrected chi connectivity index (χ2v) is 19.1. The number of carbonyl (C=O) groups excluding carboxylic acids is 2. The van der Waals surface area contributed by atoms with Crippen molar-refractivity contribution in [3.63, 3.8) is 0 Å². The van der Waals surface area contributed by atoms with Crippen LogP contribution in [0.15, 0.2) is 77.8 Å². The zero-order valence-corrected chi connectivity index (χ0v) is 34.9. The predicted molar refractivity (Wildman–Crippen MR) is 221 cm³/mol. The standard InChI is InChI=1S/C31H33N5O4.C7H16O4S2.C2H6/c1-34-15-17-36(18-16-34)20-27(37)35(2)24-12-10-23(11-13-24)32-29(21-7-5-4-6-8-21)28-25-14-9-22(31(39)40-3)19-26(25)33-30(28)38;1-5-12(8,9)7(3,4)13(10,11)6-2;1-2/h4-14,19,33,38H,15-18,20H2,1-3H3;5-6H2,1-4H3;1-2H3. The van der Waals surface area contributed by atoms with Crippen molar-refractivity contribution in [2.75, 3.05) is 70.3 Å². The molecular weight excluding hydrogens is 743 g/mol. The quantitative estimate of drug-likeness (QED) is 0.143. The minimum atomic E-state index is -3.56. The monoisotopic (exact) mass is 797 g/mol. The molecule has 2 heterocycles. The van der Waals surface area contributed by atoms with Gasteiger partial charge < -0.3 is 24.6 Å². The zero-order chi connectivity index (χ0) is 41.1. The molecular formula is C40H55N5O8S2. The number of sulfone groups is 2. The Bertz CT molecular complexity index is 2120. The van der Waals surface area contributed by atoms with E-state index in [0.717, 1.165) is 42.8 Å². The molecule has 0 bridgehead atoms. The summed E-state index contributed by atoms with van der Waals surface area (Å²) in [7, 11) is -1.89. The van der Waals surface area contributed by atoms with Crippen LogP contribution in [0, 0.1) is 0 Å². The summed E-state index contributed by atoms with van der Waals surface area (Å²) >= 11 is 0. The van der Waals surface area contributed by atoms with E-state index in [9.17, 15) is 31.5 Å². The molecule has 0 atom stereocenters. The van der Waals surface area contributed by atoms with Crippen molar-refractivity contribution < 1.29 is 36.3 Å². The van der Waals surface area contributed by atoms with Gasteiger partial charge in [0.25, 0.3) is 0 Å². The maximum atomic E-state index is 12.9. The van der Waals surface area contributed by atoms with Crippen molar-refractivity contribution in [1.82, 2.24) is 14.8 Å². The SMILES string of the molecule is CC.CCS(=O)(=O)C(C)(C)S(=O)(=O)CC.COC(=O)c1ccc2c(C(=Nc3ccc(N(C)C(=O)CN4CCN(C)CC4)cc3)c3ccccc3)c(O)[nH]c2c1. The second kappa shape index (κ2) is 19.3. The molecule has 300 valence electrons. The third-order valence-electron chi connectivity index (χ3n) is 9.55. The molecule has 0 radical (unpaired) electrons. The van der Waals surface area contributed by atoms with Crippen LogP contribution in [0.1, 0.15) is 63.0 Å². The summed E-state index contributed by atoms with van der Waals surface area (Å²) < 4.78 is 49.0. The van der Waals surface area contributed by atoms with Gasteiger partial charge in [0.1, 0.15) is 0 Å². The summed E-state index contributed by atoms with van der Waals surface area (Å²) in [5, 5.41) is 11.7. The van der Waals surface area contributed by atoms with Crippen molar-refractivity contribution in [3.05, 3.63) is 89.5 Å². The Balaban J connectivity index is 0.000000461. The molecule has 15 heteroatoms. The lowest BCUT2D eigenvalue weighted by molar-refractivity contribution is -0.119. The lowest BCUT2D eigenvalue weighted by Gasteiger charge is -2.32. The van der Waals surface area contributed by atoms with Gasteiger partial charge in [-0.1, -0.05) is 64.1 Å². The Morgan fingerprint density at radius 2 is 1.44 bits per heavy atom. The Hall–Kier alpha value is -4.57. The van der Waals surface area contributed by atoms with Crippen LogP contribution >= 0.6 is 0 Å². The number of nitrogens with zero attached hydrogens (tertiary/aromatic N) is 4. The van der Waals surface area contributed by atoms with Crippen LogP contribution in [0.3, 0.4) is 0 Å². The van der Waals surface area contributed by atoms with E-state index >= 15 is 0 Å². The van der Waals surface area contributed by atoms with Crippen molar-refractivity contribution in [2.45, 2.75) is 45.6 Å². The first kappa shape index (κ1) is 44.8. The molecule has 1 saturated heterocycles. The number of H-pyrrole nitrogens is 1. The van der Waals surface area contributed by atoms with Crippen LogP contribution in [0.25, 0.3) is 10.9 Å². The molecule has 1 aliphatic rings. The maximum absolute atomic E-state index is 12.9. The van der Waals surface area contributed by atoms with Crippen LogP contribution in [0.2, 0.25) is 0 Å². The van der Waals surface area contributed by atoms with Crippen LogP contribution < -0.4 is 4.90 Å². The van der Waals surface area contributed by atoms with E-state index in [1.807, 2.05) is 68.4 Å². The molecule has 0 spiro atoms. The number of anilines is 1. The highest BCUT2D eigenvalue weighted by molar-refractivity contribution is 8.10. The Morgan fingerprint density at radius 1 is 0.873 bits per heavy atom. The lowest BCUT2D eigenvalue weighted by Crippen LogP contribution is -2.48. The summed E-state index contributed by atoms with van der Waals surface area (Å²) in [6.07, 6.45) is 0. The number of carbonyl (C=O) groups is 2. The number of fused-ring (bicyclic) bond motifs is 1. The lowest BCUT2D eigenvalue weighted by atomic mass is 10.00. The molecule has 1 amide bonds. The molecule has 55 heavy (non-hydrogen) atoms. The molecule has 13 nitrogen and oxygen atoms in total. The topological polar surface area (TPSA) is 170 Å². The average Bonchev–Trinajstić information content (AvgIpc) is 3.52. The number of rotatable bonds is 11. The van der Waals surface area contributed by atoms with Gasteiger partial charge in [-0.15, -0.1) is 0 Å². The first-order valence-electron chi connectivity index (χ1n) is 18.3. The number of aliphatic imine (C=N–C) groups is 1. The maximum Gasteiger partial charge on any atom is 0.337 e. The smallest absolute Gasteiger partial charge is 0.337 e. The number of esters is 1. The number of benzene rings is 3. The number of likely N-dealkylation sites (N-methyl/N-ethyl adjacent to an activating group) is 2. The number of ether oxygens (including phenoxy) is 1. The fourth-order valence-corrected chi connectivity index (χ4v) is 9.39. The van der Waals surface area contributed by atoms with E-state index in [0.29, 0.717) is 34.6 Å².